The molecular weight excluding hydrogens is 365 g/mol. The first-order valence-corrected chi connectivity index (χ1v) is 8.05. The van der Waals surface area contributed by atoms with E-state index >= 15 is 0 Å². The third kappa shape index (κ3) is 4.98. The van der Waals surface area contributed by atoms with Gasteiger partial charge in [0.15, 0.2) is 0 Å². The van der Waals surface area contributed by atoms with E-state index in [0.29, 0.717) is 40.7 Å². The number of amides is 2. The molecule has 136 valence electrons. The highest BCUT2D eigenvalue weighted by Crippen LogP contribution is 2.23. The van der Waals surface area contributed by atoms with Crippen molar-refractivity contribution in [1.82, 2.24) is 4.90 Å². The largest absolute Gasteiger partial charge is 0.467 e. The SMILES string of the molecule is CCN(CC)C(=O)c1ccc(NC(=O)c2coc(CN)c2)cc1Cl.Cl. The van der Waals surface area contributed by atoms with Crippen LogP contribution in [0.4, 0.5) is 5.69 Å². The van der Waals surface area contributed by atoms with Crippen LogP contribution in [0.3, 0.4) is 0 Å². The van der Waals surface area contributed by atoms with Crippen molar-refractivity contribution in [3.63, 3.8) is 0 Å². The molecule has 25 heavy (non-hydrogen) atoms. The molecule has 0 spiro atoms. The molecule has 0 saturated heterocycles. The van der Waals surface area contributed by atoms with Gasteiger partial charge in [0.2, 0.25) is 0 Å². The van der Waals surface area contributed by atoms with Gasteiger partial charge < -0.3 is 20.4 Å². The fourth-order valence-corrected chi connectivity index (χ4v) is 2.52. The van der Waals surface area contributed by atoms with E-state index in [9.17, 15) is 9.59 Å². The van der Waals surface area contributed by atoms with Crippen LogP contribution in [0.2, 0.25) is 5.02 Å². The lowest BCUT2D eigenvalue weighted by atomic mass is 10.1. The van der Waals surface area contributed by atoms with Crippen molar-refractivity contribution >= 4 is 41.5 Å². The molecular formula is C17H21Cl2N3O3. The Labute approximate surface area is 157 Å². The van der Waals surface area contributed by atoms with Crippen LogP contribution in [0, 0.1) is 0 Å². The predicted octanol–water partition coefficient (Wildman–Crippen LogP) is 3.55. The third-order valence-electron chi connectivity index (χ3n) is 3.63. The lowest BCUT2D eigenvalue weighted by Crippen LogP contribution is -2.30. The van der Waals surface area contributed by atoms with Crippen molar-refractivity contribution in [2.75, 3.05) is 18.4 Å². The lowest BCUT2D eigenvalue weighted by molar-refractivity contribution is 0.0773. The molecule has 0 aliphatic rings. The molecule has 0 aliphatic carbocycles. The summed E-state index contributed by atoms with van der Waals surface area (Å²) in [5.74, 6) is 0.0565. The molecule has 0 radical (unpaired) electrons. The Morgan fingerprint density at radius 2 is 1.92 bits per heavy atom. The summed E-state index contributed by atoms with van der Waals surface area (Å²) in [5.41, 5.74) is 6.73. The zero-order chi connectivity index (χ0) is 17.7. The van der Waals surface area contributed by atoms with Gasteiger partial charge in [-0.2, -0.15) is 0 Å². The minimum Gasteiger partial charge on any atom is -0.467 e. The maximum absolute atomic E-state index is 12.3. The molecule has 0 atom stereocenters. The van der Waals surface area contributed by atoms with Gasteiger partial charge in [0.25, 0.3) is 11.8 Å². The van der Waals surface area contributed by atoms with E-state index in [1.807, 2.05) is 13.8 Å². The van der Waals surface area contributed by atoms with Gasteiger partial charge in [-0.05, 0) is 38.1 Å². The Kier molecular flexibility index (Phi) is 7.96. The fraction of sp³-hybridized carbons (Fsp3) is 0.294. The van der Waals surface area contributed by atoms with Gasteiger partial charge in [0.1, 0.15) is 12.0 Å². The highest BCUT2D eigenvalue weighted by molar-refractivity contribution is 6.34. The number of nitrogens with two attached hydrogens (primary N) is 1. The summed E-state index contributed by atoms with van der Waals surface area (Å²) in [4.78, 5) is 26.2. The van der Waals surface area contributed by atoms with Crippen molar-refractivity contribution in [3.05, 3.63) is 52.4 Å². The molecule has 1 aromatic heterocycles. The molecule has 1 heterocycles. The smallest absolute Gasteiger partial charge is 0.258 e. The number of anilines is 1. The molecule has 0 saturated carbocycles. The summed E-state index contributed by atoms with van der Waals surface area (Å²) in [6, 6.07) is 6.39. The Hall–Kier alpha value is -2.02. The minimum atomic E-state index is -0.336. The van der Waals surface area contributed by atoms with Gasteiger partial charge in [0.05, 0.1) is 22.7 Å². The summed E-state index contributed by atoms with van der Waals surface area (Å²) in [5, 5.41) is 3.00. The molecule has 0 unspecified atom stereocenters. The maximum Gasteiger partial charge on any atom is 0.258 e. The van der Waals surface area contributed by atoms with E-state index in [1.165, 1.54) is 6.26 Å². The summed E-state index contributed by atoms with van der Waals surface area (Å²) < 4.78 is 5.14. The van der Waals surface area contributed by atoms with Crippen LogP contribution in [0.15, 0.2) is 34.9 Å². The van der Waals surface area contributed by atoms with Gasteiger partial charge >= 0.3 is 0 Å². The number of carbonyl (C=O) groups is 2. The minimum absolute atomic E-state index is 0. The number of carbonyl (C=O) groups excluding carboxylic acids is 2. The first-order chi connectivity index (χ1) is 11.5. The second-order valence-corrected chi connectivity index (χ2v) is 5.54. The summed E-state index contributed by atoms with van der Waals surface area (Å²) in [6.07, 6.45) is 1.34. The predicted molar refractivity (Wildman–Crippen MR) is 101 cm³/mol. The maximum atomic E-state index is 12.3. The summed E-state index contributed by atoms with van der Waals surface area (Å²) in [7, 11) is 0. The van der Waals surface area contributed by atoms with Crippen LogP contribution < -0.4 is 11.1 Å². The van der Waals surface area contributed by atoms with Gasteiger partial charge in [0, 0.05) is 18.8 Å². The number of rotatable bonds is 6. The molecule has 0 aliphatic heterocycles. The molecule has 2 aromatic rings. The van der Waals surface area contributed by atoms with Crippen LogP contribution in [-0.2, 0) is 6.54 Å². The van der Waals surface area contributed by atoms with Crippen molar-refractivity contribution in [2.45, 2.75) is 20.4 Å². The second kappa shape index (κ2) is 9.46. The number of hydrogen-bond donors (Lipinski definition) is 2. The Morgan fingerprint density at radius 1 is 1.24 bits per heavy atom. The first-order valence-electron chi connectivity index (χ1n) is 7.67. The Bertz CT molecular complexity index is 742. The molecule has 8 heteroatoms. The zero-order valence-electron chi connectivity index (χ0n) is 14.0. The normalized spacial score (nSPS) is 10.1. The molecule has 2 amide bonds. The number of nitrogens with zero attached hydrogens (tertiary/aromatic N) is 1. The second-order valence-electron chi connectivity index (χ2n) is 5.13. The molecule has 6 nitrogen and oxygen atoms in total. The van der Waals surface area contributed by atoms with E-state index < -0.39 is 0 Å². The summed E-state index contributed by atoms with van der Waals surface area (Å²) >= 11 is 6.20. The molecule has 1 aromatic carbocycles. The van der Waals surface area contributed by atoms with E-state index in [1.54, 1.807) is 29.2 Å². The highest BCUT2D eigenvalue weighted by atomic mass is 35.5. The van der Waals surface area contributed by atoms with Crippen LogP contribution in [0.1, 0.15) is 40.3 Å². The van der Waals surface area contributed by atoms with E-state index in [0.717, 1.165) is 0 Å². The van der Waals surface area contributed by atoms with E-state index in [2.05, 4.69) is 5.32 Å². The van der Waals surface area contributed by atoms with E-state index in [4.69, 9.17) is 21.8 Å². The first kappa shape index (κ1) is 21.0. The van der Waals surface area contributed by atoms with Crippen LogP contribution in [-0.4, -0.2) is 29.8 Å². The third-order valence-corrected chi connectivity index (χ3v) is 3.94. The average Bonchev–Trinajstić information content (AvgIpc) is 3.05. The average molecular weight is 386 g/mol. The Balaban J connectivity index is 0.00000312. The molecule has 2 rings (SSSR count). The van der Waals surface area contributed by atoms with Crippen molar-refractivity contribution in [2.24, 2.45) is 5.73 Å². The van der Waals surface area contributed by atoms with Gasteiger partial charge in [-0.1, -0.05) is 11.6 Å². The monoisotopic (exact) mass is 385 g/mol. The van der Waals surface area contributed by atoms with Crippen molar-refractivity contribution in [1.29, 1.82) is 0 Å². The molecule has 0 bridgehead atoms. The van der Waals surface area contributed by atoms with Gasteiger partial charge in [-0.15, -0.1) is 12.4 Å². The lowest BCUT2D eigenvalue weighted by Gasteiger charge is -2.19. The summed E-state index contributed by atoms with van der Waals surface area (Å²) in [6.45, 7) is 5.25. The van der Waals surface area contributed by atoms with Crippen LogP contribution in [0.25, 0.3) is 0 Å². The van der Waals surface area contributed by atoms with Crippen molar-refractivity contribution < 1.29 is 14.0 Å². The van der Waals surface area contributed by atoms with Gasteiger partial charge in [-0.3, -0.25) is 9.59 Å². The van der Waals surface area contributed by atoms with Crippen molar-refractivity contribution in [3.8, 4) is 0 Å². The number of halogens is 2. The fourth-order valence-electron chi connectivity index (χ4n) is 2.26. The van der Waals surface area contributed by atoms with Gasteiger partial charge in [-0.25, -0.2) is 0 Å². The molecule has 3 N–H and O–H groups in total. The van der Waals surface area contributed by atoms with Crippen LogP contribution >= 0.6 is 24.0 Å². The van der Waals surface area contributed by atoms with E-state index in [-0.39, 0.29) is 30.8 Å². The highest BCUT2D eigenvalue weighted by Gasteiger charge is 2.17. The number of furan rings is 1. The number of nitrogens with one attached hydrogen (secondary N) is 1. The zero-order valence-corrected chi connectivity index (χ0v) is 15.6. The number of benzene rings is 1. The quantitative estimate of drug-likeness (QED) is 0.795. The topological polar surface area (TPSA) is 88.6 Å². The Morgan fingerprint density at radius 3 is 2.44 bits per heavy atom. The number of hydrogen-bond acceptors (Lipinski definition) is 4. The standard InChI is InChI=1S/C17H20ClN3O3.ClH/c1-3-21(4-2)17(23)14-6-5-12(8-15(14)18)20-16(22)11-7-13(9-19)24-10-11;/h5-8,10H,3-4,9,19H2,1-2H3,(H,20,22);1H. The van der Waals surface area contributed by atoms with Crippen LogP contribution in [0.5, 0.6) is 0 Å². The molecule has 0 fully saturated rings.